The van der Waals surface area contributed by atoms with Crippen LogP contribution in [0.2, 0.25) is 0 Å². The van der Waals surface area contributed by atoms with Crippen molar-refractivity contribution in [3.05, 3.63) is 35.7 Å². The Morgan fingerprint density at radius 2 is 1.82 bits per heavy atom. The van der Waals surface area contributed by atoms with Crippen LogP contribution in [0.3, 0.4) is 0 Å². The van der Waals surface area contributed by atoms with Crippen LogP contribution in [0.4, 0.5) is 19.0 Å². The van der Waals surface area contributed by atoms with Gasteiger partial charge in [-0.1, -0.05) is 39.8 Å². The van der Waals surface area contributed by atoms with Crippen LogP contribution in [0.15, 0.2) is 33.9 Å². The van der Waals surface area contributed by atoms with E-state index in [0.717, 1.165) is 12.1 Å². The average Bonchev–Trinajstić information content (AvgIpc) is 3.03. The molecule has 0 aliphatic rings. The molecule has 0 aliphatic heterocycles. The fourth-order valence-corrected chi connectivity index (χ4v) is 4.28. The molecular formula is C18H24F3N3O3S. The summed E-state index contributed by atoms with van der Waals surface area (Å²) in [5.41, 5.74) is -1.25. The summed E-state index contributed by atoms with van der Waals surface area (Å²) in [5, 5.41) is 5.52. The molecule has 156 valence electrons. The van der Waals surface area contributed by atoms with Crippen LogP contribution in [0.25, 0.3) is 0 Å². The van der Waals surface area contributed by atoms with E-state index in [9.17, 15) is 21.6 Å². The summed E-state index contributed by atoms with van der Waals surface area (Å²) in [6.07, 6.45) is -4.04. The summed E-state index contributed by atoms with van der Waals surface area (Å²) in [6, 6.07) is 3.31. The molecule has 0 spiro atoms. The molecule has 0 fully saturated rings. The minimum Gasteiger partial charge on any atom is -0.366 e. The number of anilines is 1. The van der Waals surface area contributed by atoms with Crippen molar-refractivity contribution in [1.82, 2.24) is 10.1 Å². The van der Waals surface area contributed by atoms with Crippen molar-refractivity contribution in [2.24, 2.45) is 5.92 Å². The Hall–Kier alpha value is -2.10. The molecule has 1 N–H and O–H groups in total. The first-order chi connectivity index (χ1) is 12.7. The molecule has 6 nitrogen and oxygen atoms in total. The highest BCUT2D eigenvalue weighted by atomic mass is 32.2. The molecule has 0 radical (unpaired) electrons. The van der Waals surface area contributed by atoms with E-state index in [0.29, 0.717) is 17.8 Å². The first kappa shape index (κ1) is 22.2. The predicted molar refractivity (Wildman–Crippen MR) is 98.7 cm³/mol. The van der Waals surface area contributed by atoms with Crippen molar-refractivity contribution in [2.75, 3.05) is 11.9 Å². The van der Waals surface area contributed by atoms with Crippen molar-refractivity contribution in [3.8, 4) is 0 Å². The van der Waals surface area contributed by atoms with Gasteiger partial charge in [0.2, 0.25) is 0 Å². The molecule has 0 aliphatic carbocycles. The zero-order valence-electron chi connectivity index (χ0n) is 16.3. The number of sulfone groups is 1. The molecule has 2 rings (SSSR count). The lowest BCUT2D eigenvalue weighted by molar-refractivity contribution is -0.137. The van der Waals surface area contributed by atoms with Gasteiger partial charge in [-0.25, -0.2) is 13.4 Å². The van der Waals surface area contributed by atoms with Gasteiger partial charge in [-0.3, -0.25) is 0 Å². The Labute approximate surface area is 162 Å². The van der Waals surface area contributed by atoms with Gasteiger partial charge in [-0.2, -0.15) is 13.2 Å². The standard InChI is InChI=1S/C18H24F3N3O3S/c1-11(2)13(10-22-15-8-14(27-24-15)17(3,4)5)28(25,26)16-7-6-12(9-23-16)18(19,20)21/h6-9,11,13H,10H2,1-5H3,(H,22,24). The van der Waals surface area contributed by atoms with E-state index in [1.165, 1.54) is 0 Å². The number of aromatic nitrogens is 2. The summed E-state index contributed by atoms with van der Waals surface area (Å²) in [4.78, 5) is 3.54. The molecule has 0 amide bonds. The first-order valence-corrected chi connectivity index (χ1v) is 10.3. The molecule has 2 aromatic rings. The van der Waals surface area contributed by atoms with Crippen LogP contribution < -0.4 is 5.32 Å². The predicted octanol–water partition coefficient (Wildman–Crippen LogP) is 4.30. The number of pyridine rings is 1. The van der Waals surface area contributed by atoms with Crippen molar-refractivity contribution in [2.45, 2.75) is 56.5 Å². The van der Waals surface area contributed by atoms with Crippen LogP contribution in [0.1, 0.15) is 45.9 Å². The molecule has 2 aromatic heterocycles. The first-order valence-electron chi connectivity index (χ1n) is 8.71. The van der Waals surface area contributed by atoms with E-state index in [1.807, 2.05) is 20.8 Å². The average molecular weight is 419 g/mol. The fraction of sp³-hybridized carbons (Fsp3) is 0.556. The topological polar surface area (TPSA) is 85.1 Å². The van der Waals surface area contributed by atoms with Crippen LogP contribution in [-0.2, 0) is 21.4 Å². The van der Waals surface area contributed by atoms with Crippen LogP contribution >= 0.6 is 0 Å². The maximum absolute atomic E-state index is 12.9. The quantitative estimate of drug-likeness (QED) is 0.752. The smallest absolute Gasteiger partial charge is 0.366 e. The third kappa shape index (κ3) is 5.03. The van der Waals surface area contributed by atoms with Crippen molar-refractivity contribution in [3.63, 3.8) is 0 Å². The number of rotatable bonds is 6. The molecule has 1 atom stereocenters. The second kappa shape index (κ2) is 7.73. The number of halogens is 3. The molecule has 0 saturated heterocycles. The van der Waals surface area contributed by atoms with Gasteiger partial charge < -0.3 is 9.84 Å². The molecule has 28 heavy (non-hydrogen) atoms. The number of nitrogens with one attached hydrogen (secondary N) is 1. The Balaban J connectivity index is 2.21. The summed E-state index contributed by atoms with van der Waals surface area (Å²) < 4.78 is 69.1. The normalized spacial score (nSPS) is 14.3. The summed E-state index contributed by atoms with van der Waals surface area (Å²) >= 11 is 0. The van der Waals surface area contributed by atoms with Crippen molar-refractivity contribution in [1.29, 1.82) is 0 Å². The second-order valence-electron chi connectivity index (χ2n) is 7.92. The third-order valence-electron chi connectivity index (χ3n) is 4.23. The van der Waals surface area contributed by atoms with Crippen LogP contribution in [0.5, 0.6) is 0 Å². The van der Waals surface area contributed by atoms with E-state index in [4.69, 9.17) is 4.52 Å². The van der Waals surface area contributed by atoms with E-state index >= 15 is 0 Å². The van der Waals surface area contributed by atoms with Crippen LogP contribution in [0, 0.1) is 5.92 Å². The van der Waals surface area contributed by atoms with Gasteiger partial charge in [0.1, 0.15) is 5.76 Å². The van der Waals surface area contributed by atoms with Gasteiger partial charge in [-0.15, -0.1) is 0 Å². The monoisotopic (exact) mass is 419 g/mol. The lowest BCUT2D eigenvalue weighted by atomic mass is 9.93. The zero-order chi connectivity index (χ0) is 21.3. The largest absolute Gasteiger partial charge is 0.417 e. The number of hydrogen-bond donors (Lipinski definition) is 1. The molecule has 2 heterocycles. The van der Waals surface area contributed by atoms with Crippen molar-refractivity contribution < 1.29 is 26.1 Å². The Kier molecular flexibility index (Phi) is 6.13. The van der Waals surface area contributed by atoms with E-state index in [2.05, 4.69) is 15.5 Å². The van der Waals surface area contributed by atoms with Gasteiger partial charge in [0.05, 0.1) is 10.8 Å². The van der Waals surface area contributed by atoms with E-state index in [1.54, 1.807) is 19.9 Å². The molecule has 10 heteroatoms. The molecule has 1 unspecified atom stereocenters. The SMILES string of the molecule is CC(C)C(CNc1cc(C(C)(C)C)on1)S(=O)(=O)c1ccc(C(F)(F)F)cn1. The highest BCUT2D eigenvalue weighted by Gasteiger charge is 2.34. The summed E-state index contributed by atoms with van der Waals surface area (Å²) in [7, 11) is -3.95. The lowest BCUT2D eigenvalue weighted by Crippen LogP contribution is -2.34. The highest BCUT2D eigenvalue weighted by Crippen LogP contribution is 2.30. The number of hydrogen-bond acceptors (Lipinski definition) is 6. The Morgan fingerprint density at radius 3 is 2.25 bits per heavy atom. The minimum atomic E-state index is -4.58. The lowest BCUT2D eigenvalue weighted by Gasteiger charge is -2.21. The number of alkyl halides is 3. The van der Waals surface area contributed by atoms with E-state index < -0.39 is 31.9 Å². The van der Waals surface area contributed by atoms with E-state index in [-0.39, 0.29) is 17.9 Å². The maximum Gasteiger partial charge on any atom is 0.417 e. The maximum atomic E-state index is 12.9. The molecule has 0 aromatic carbocycles. The molecular weight excluding hydrogens is 395 g/mol. The van der Waals surface area contributed by atoms with Crippen molar-refractivity contribution >= 4 is 15.7 Å². The van der Waals surface area contributed by atoms with Gasteiger partial charge in [0.25, 0.3) is 0 Å². The van der Waals surface area contributed by atoms with Gasteiger partial charge in [0.15, 0.2) is 20.7 Å². The zero-order valence-corrected chi connectivity index (χ0v) is 17.1. The molecule has 0 saturated carbocycles. The van der Waals surface area contributed by atoms with Gasteiger partial charge in [-0.05, 0) is 18.1 Å². The van der Waals surface area contributed by atoms with Gasteiger partial charge >= 0.3 is 6.18 Å². The summed E-state index contributed by atoms with van der Waals surface area (Å²) in [5.74, 6) is 0.727. The second-order valence-corrected chi connectivity index (χ2v) is 10.0. The minimum absolute atomic E-state index is 0.0127. The highest BCUT2D eigenvalue weighted by molar-refractivity contribution is 7.92. The number of nitrogens with zero attached hydrogens (tertiary/aromatic N) is 2. The fourth-order valence-electron chi connectivity index (χ4n) is 2.49. The van der Waals surface area contributed by atoms with Gasteiger partial charge in [0, 0.05) is 24.2 Å². The Bertz CT molecular complexity index is 899. The van der Waals surface area contributed by atoms with Crippen LogP contribution in [-0.4, -0.2) is 30.4 Å². The summed E-state index contributed by atoms with van der Waals surface area (Å²) in [6.45, 7) is 9.31. The Morgan fingerprint density at radius 1 is 1.18 bits per heavy atom. The third-order valence-corrected chi connectivity index (χ3v) is 6.56. The molecule has 0 bridgehead atoms.